The van der Waals surface area contributed by atoms with E-state index in [2.05, 4.69) is 110 Å². The van der Waals surface area contributed by atoms with Crippen molar-refractivity contribution in [3.8, 4) is 0 Å². The van der Waals surface area contributed by atoms with Crippen molar-refractivity contribution in [1.29, 1.82) is 0 Å². The van der Waals surface area contributed by atoms with Gasteiger partial charge in [-0.2, -0.15) is 0 Å². The van der Waals surface area contributed by atoms with Crippen LogP contribution in [0.15, 0.2) is 147 Å². The Labute approximate surface area is 306 Å². The molecule has 4 aromatic rings. The van der Waals surface area contributed by atoms with Gasteiger partial charge in [-0.05, 0) is 81.0 Å². The summed E-state index contributed by atoms with van der Waals surface area (Å²) in [6, 6.07) is 29.8. The number of nitrogens with zero attached hydrogens (tertiary/aromatic N) is 6. The Hall–Kier alpha value is -5.82. The van der Waals surface area contributed by atoms with Crippen LogP contribution in [0.5, 0.6) is 0 Å². The number of nitrogens with one attached hydrogen (secondary N) is 1. The van der Waals surface area contributed by atoms with Crippen molar-refractivity contribution in [3.05, 3.63) is 172 Å². The van der Waals surface area contributed by atoms with Crippen LogP contribution in [0.3, 0.4) is 0 Å². The Morgan fingerprint density at radius 3 is 1.98 bits per heavy atom. The van der Waals surface area contributed by atoms with Crippen molar-refractivity contribution >= 4 is 28.8 Å². The van der Waals surface area contributed by atoms with Crippen molar-refractivity contribution in [1.82, 2.24) is 15.3 Å². The summed E-state index contributed by atoms with van der Waals surface area (Å²) in [5.41, 5.74) is 10.9. The van der Waals surface area contributed by atoms with Crippen molar-refractivity contribution in [2.24, 2.45) is 20.0 Å². The number of hydrogen-bond acceptors (Lipinski definition) is 7. The van der Waals surface area contributed by atoms with Crippen LogP contribution in [0.2, 0.25) is 0 Å². The van der Waals surface area contributed by atoms with E-state index in [1.165, 1.54) is 11.1 Å². The number of aromatic nitrogens is 2. The maximum absolute atomic E-state index is 5.17. The fraction of sp³-hybridized carbons (Fsp3) is 0.244. The Morgan fingerprint density at radius 2 is 1.29 bits per heavy atom. The van der Waals surface area contributed by atoms with Crippen LogP contribution >= 0.6 is 0 Å². The van der Waals surface area contributed by atoms with Gasteiger partial charge in [0.1, 0.15) is 17.8 Å². The highest BCUT2D eigenvalue weighted by Crippen LogP contribution is 2.35. The highest BCUT2D eigenvalue weighted by atomic mass is 15.2. The lowest BCUT2D eigenvalue weighted by Gasteiger charge is -2.25. The maximum atomic E-state index is 5.17. The summed E-state index contributed by atoms with van der Waals surface area (Å²) in [6.45, 7) is 8.32. The standard InChI is InChI=1S/C45H43N7/c1-28-23-29(2)47-41(46-28)36-19-15-32(16-20-36)38-25-39(33-17-21-37(22-18-33)42-48-30(3)24-31(4)49-42)27-40(26-38)45-51-43(34-11-7-5-8-12-34)50-44(52-45)35-13-9-6-10-14-35/h5-17,19,21-23,25-27,30,33,36,43H,18,20,24H2,1-4H3,(H,50,51,52). The van der Waals surface area contributed by atoms with Crippen LogP contribution in [0.1, 0.15) is 96.1 Å². The molecular weight excluding hydrogens is 639 g/mol. The first-order valence-electron chi connectivity index (χ1n) is 18.2. The molecule has 52 heavy (non-hydrogen) atoms. The minimum absolute atomic E-state index is 0.146. The van der Waals surface area contributed by atoms with Crippen molar-refractivity contribution < 1.29 is 0 Å². The fourth-order valence-electron chi connectivity index (χ4n) is 7.34. The first kappa shape index (κ1) is 33.3. The largest absolute Gasteiger partial charge is 0.344 e. The third-order valence-electron chi connectivity index (χ3n) is 9.90. The number of allylic oxidation sites excluding steroid dienone is 6. The number of benzene rings is 3. The smallest absolute Gasteiger partial charge is 0.159 e. The van der Waals surface area contributed by atoms with Gasteiger partial charge in [0.2, 0.25) is 0 Å². The van der Waals surface area contributed by atoms with Gasteiger partial charge in [-0.25, -0.2) is 24.9 Å². The molecule has 3 heterocycles. The van der Waals surface area contributed by atoms with Crippen LogP contribution in [0.4, 0.5) is 0 Å². The highest BCUT2D eigenvalue weighted by molar-refractivity contribution is 6.13. The molecule has 258 valence electrons. The predicted molar refractivity (Wildman–Crippen MR) is 213 cm³/mol. The Balaban J connectivity index is 1.17. The van der Waals surface area contributed by atoms with E-state index in [0.717, 1.165) is 81.7 Å². The molecule has 2 aliphatic carbocycles. The van der Waals surface area contributed by atoms with Gasteiger partial charge in [-0.15, -0.1) is 0 Å². The van der Waals surface area contributed by atoms with Gasteiger partial charge in [-0.1, -0.05) is 103 Å². The molecule has 0 fully saturated rings. The molecule has 7 nitrogen and oxygen atoms in total. The van der Waals surface area contributed by atoms with Gasteiger partial charge >= 0.3 is 0 Å². The second kappa shape index (κ2) is 14.4. The SMILES string of the molecule is CC1=NC(C2=CCC(c3cc(C4=CCC(c5nc(C)cc(C)n5)C=C4)cc(C4=NC(c5ccccc5)=NC(c5ccccc5)N4)c3)C=C2)=NC(C)C1. The number of rotatable bonds is 7. The third-order valence-corrected chi connectivity index (χ3v) is 9.90. The molecule has 0 saturated heterocycles. The summed E-state index contributed by atoms with van der Waals surface area (Å²) in [7, 11) is 0. The average molecular weight is 682 g/mol. The first-order chi connectivity index (χ1) is 25.3. The maximum Gasteiger partial charge on any atom is 0.159 e. The van der Waals surface area contributed by atoms with Crippen LogP contribution < -0.4 is 5.32 Å². The van der Waals surface area contributed by atoms with Crippen molar-refractivity contribution in [2.75, 3.05) is 0 Å². The van der Waals surface area contributed by atoms with Gasteiger partial charge in [0.25, 0.3) is 0 Å². The lowest BCUT2D eigenvalue weighted by atomic mass is 9.85. The number of aliphatic imine (C=N–C) groups is 4. The second-order valence-electron chi connectivity index (χ2n) is 14.2. The molecule has 4 atom stereocenters. The zero-order chi connectivity index (χ0) is 35.6. The molecule has 1 aromatic heterocycles. The molecule has 0 saturated carbocycles. The van der Waals surface area contributed by atoms with Gasteiger partial charge in [-0.3, -0.25) is 4.99 Å². The van der Waals surface area contributed by atoms with Crippen LogP contribution in [0, 0.1) is 13.8 Å². The monoisotopic (exact) mass is 681 g/mol. The molecule has 0 spiro atoms. The summed E-state index contributed by atoms with van der Waals surface area (Å²) in [6.07, 6.45) is 16.0. The van der Waals surface area contributed by atoms with E-state index in [4.69, 9.17) is 29.9 Å². The second-order valence-corrected chi connectivity index (χ2v) is 14.2. The molecule has 7 heteroatoms. The lowest BCUT2D eigenvalue weighted by Crippen LogP contribution is -2.33. The summed E-state index contributed by atoms with van der Waals surface area (Å²) >= 11 is 0. The zero-order valence-corrected chi connectivity index (χ0v) is 30.2. The minimum atomic E-state index is -0.272. The van der Waals surface area contributed by atoms with Gasteiger partial charge < -0.3 is 5.32 Å². The molecule has 0 amide bonds. The van der Waals surface area contributed by atoms with E-state index < -0.39 is 0 Å². The normalized spacial score (nSPS) is 22.7. The molecule has 0 bridgehead atoms. The van der Waals surface area contributed by atoms with E-state index in [0.29, 0.717) is 5.84 Å². The Bertz CT molecular complexity index is 2230. The molecule has 4 unspecified atom stereocenters. The Kier molecular flexibility index (Phi) is 9.25. The van der Waals surface area contributed by atoms with Gasteiger partial charge in [0, 0.05) is 52.1 Å². The number of amidine groups is 3. The van der Waals surface area contributed by atoms with E-state index in [1.807, 2.05) is 44.2 Å². The van der Waals surface area contributed by atoms with E-state index in [1.54, 1.807) is 0 Å². The van der Waals surface area contributed by atoms with Crippen LogP contribution in [-0.4, -0.2) is 39.2 Å². The summed E-state index contributed by atoms with van der Waals surface area (Å²) < 4.78 is 0. The van der Waals surface area contributed by atoms with E-state index >= 15 is 0 Å². The molecular formula is C45H43N7. The quantitative estimate of drug-likeness (QED) is 0.211. The first-order valence-corrected chi connectivity index (χ1v) is 18.2. The van der Waals surface area contributed by atoms with Gasteiger partial charge in [0.05, 0.1) is 6.04 Å². The molecule has 0 radical (unpaired) electrons. The number of hydrogen-bond donors (Lipinski definition) is 1. The van der Waals surface area contributed by atoms with Crippen molar-refractivity contribution in [2.45, 2.75) is 71.0 Å². The van der Waals surface area contributed by atoms with E-state index in [9.17, 15) is 0 Å². The van der Waals surface area contributed by atoms with Crippen molar-refractivity contribution in [3.63, 3.8) is 0 Å². The molecule has 8 rings (SSSR count). The fourth-order valence-corrected chi connectivity index (χ4v) is 7.34. The molecule has 2 aliphatic heterocycles. The highest BCUT2D eigenvalue weighted by Gasteiger charge is 2.24. The average Bonchev–Trinajstić information content (AvgIpc) is 3.17. The summed E-state index contributed by atoms with van der Waals surface area (Å²) in [5.74, 6) is 3.58. The van der Waals surface area contributed by atoms with Gasteiger partial charge in [0.15, 0.2) is 11.7 Å². The molecule has 3 aromatic carbocycles. The predicted octanol–water partition coefficient (Wildman–Crippen LogP) is 9.34. The number of aryl methyl sites for hydroxylation is 2. The summed E-state index contributed by atoms with van der Waals surface area (Å²) in [4.78, 5) is 29.4. The molecule has 1 N–H and O–H groups in total. The zero-order valence-electron chi connectivity index (χ0n) is 30.2. The topological polar surface area (TPSA) is 87.2 Å². The van der Waals surface area contributed by atoms with E-state index in [-0.39, 0.29) is 24.0 Å². The third kappa shape index (κ3) is 7.31. The van der Waals surface area contributed by atoms with Crippen LogP contribution in [0.25, 0.3) is 5.57 Å². The minimum Gasteiger partial charge on any atom is -0.344 e. The Morgan fingerprint density at radius 1 is 0.615 bits per heavy atom. The lowest BCUT2D eigenvalue weighted by molar-refractivity contribution is 0.674. The summed E-state index contributed by atoms with van der Waals surface area (Å²) in [5, 5.41) is 3.69. The van der Waals surface area contributed by atoms with Crippen LogP contribution in [-0.2, 0) is 0 Å². The molecule has 4 aliphatic rings.